The first kappa shape index (κ1) is 9.25. The summed E-state index contributed by atoms with van der Waals surface area (Å²) in [5, 5.41) is 8.66. The van der Waals surface area contributed by atoms with Crippen LogP contribution in [0.2, 0.25) is 0 Å². The molecule has 0 saturated carbocycles. The lowest BCUT2D eigenvalue weighted by atomic mass is 10.1. The maximum atomic E-state index is 12.5. The van der Waals surface area contributed by atoms with Crippen molar-refractivity contribution >= 4 is 11.5 Å². The molecule has 4 heteroatoms. The first-order valence-corrected chi connectivity index (χ1v) is 3.55. The second-order valence-electron chi connectivity index (χ2n) is 2.41. The van der Waals surface area contributed by atoms with Gasteiger partial charge in [0.1, 0.15) is 5.82 Å². The molecule has 3 nitrogen and oxygen atoms in total. The first-order chi connectivity index (χ1) is 6.15. The molecule has 68 valence electrons. The zero-order valence-electron chi connectivity index (χ0n) is 6.70. The van der Waals surface area contributed by atoms with Crippen molar-refractivity contribution in [1.82, 2.24) is 0 Å². The van der Waals surface area contributed by atoms with E-state index in [1.807, 2.05) is 0 Å². The number of aliphatic hydroxyl groups excluding tert-OH is 1. The van der Waals surface area contributed by atoms with Crippen LogP contribution in [-0.4, -0.2) is 11.0 Å². The lowest BCUT2D eigenvalue weighted by Crippen LogP contribution is -2.12. The van der Waals surface area contributed by atoms with Crippen LogP contribution in [0.25, 0.3) is 5.57 Å². The van der Waals surface area contributed by atoms with Gasteiger partial charge in [0.2, 0.25) is 0 Å². The molecule has 1 amide bonds. The predicted octanol–water partition coefficient (Wildman–Crippen LogP) is 1.21. The van der Waals surface area contributed by atoms with E-state index in [9.17, 15) is 9.18 Å². The maximum absolute atomic E-state index is 12.5. The van der Waals surface area contributed by atoms with E-state index in [1.165, 1.54) is 24.3 Å². The Bertz CT molecular complexity index is 343. The minimum atomic E-state index is -0.755. The lowest BCUT2D eigenvalue weighted by Gasteiger charge is -2.00. The van der Waals surface area contributed by atoms with E-state index in [2.05, 4.69) is 0 Å². The van der Waals surface area contributed by atoms with Crippen LogP contribution >= 0.6 is 0 Å². The molecule has 0 aliphatic heterocycles. The molecule has 0 aliphatic carbocycles. The Balaban J connectivity index is 3.07. The monoisotopic (exact) mass is 181 g/mol. The fourth-order valence-electron chi connectivity index (χ4n) is 0.910. The Morgan fingerprint density at radius 3 is 2.31 bits per heavy atom. The van der Waals surface area contributed by atoms with Crippen LogP contribution in [0.4, 0.5) is 4.39 Å². The summed E-state index contributed by atoms with van der Waals surface area (Å²) in [5.41, 5.74) is 5.30. The summed E-state index contributed by atoms with van der Waals surface area (Å²) in [6, 6.07) is 5.09. The van der Waals surface area contributed by atoms with Crippen molar-refractivity contribution in [3.8, 4) is 0 Å². The number of hydrogen-bond donors (Lipinski definition) is 2. The van der Waals surface area contributed by atoms with Gasteiger partial charge in [-0.15, -0.1) is 0 Å². The van der Waals surface area contributed by atoms with Crippen molar-refractivity contribution in [2.24, 2.45) is 5.73 Å². The Kier molecular flexibility index (Phi) is 2.64. The van der Waals surface area contributed by atoms with Gasteiger partial charge in [0.15, 0.2) is 0 Å². The van der Waals surface area contributed by atoms with E-state index in [1.54, 1.807) is 0 Å². The van der Waals surface area contributed by atoms with Crippen molar-refractivity contribution in [3.63, 3.8) is 0 Å². The Labute approximate surface area is 74.3 Å². The van der Waals surface area contributed by atoms with Gasteiger partial charge >= 0.3 is 0 Å². The fraction of sp³-hybridized carbons (Fsp3) is 0. The number of nitrogens with two attached hydrogens (primary N) is 1. The molecule has 0 aliphatic rings. The van der Waals surface area contributed by atoms with Crippen molar-refractivity contribution in [2.75, 3.05) is 0 Å². The smallest absolute Gasteiger partial charge is 0.252 e. The third-order valence-electron chi connectivity index (χ3n) is 1.55. The van der Waals surface area contributed by atoms with E-state index in [0.717, 1.165) is 0 Å². The minimum absolute atomic E-state index is 0.0417. The van der Waals surface area contributed by atoms with E-state index in [0.29, 0.717) is 11.8 Å². The molecular weight excluding hydrogens is 173 g/mol. The molecule has 1 aromatic rings. The predicted molar refractivity (Wildman–Crippen MR) is 46.2 cm³/mol. The number of aliphatic hydroxyl groups is 1. The van der Waals surface area contributed by atoms with Gasteiger partial charge in [-0.05, 0) is 17.7 Å². The average molecular weight is 181 g/mol. The molecule has 1 aromatic carbocycles. The number of halogens is 1. The molecule has 0 aromatic heterocycles. The van der Waals surface area contributed by atoms with Gasteiger partial charge in [0, 0.05) is 0 Å². The number of rotatable bonds is 2. The van der Waals surface area contributed by atoms with Gasteiger partial charge in [0.05, 0.1) is 11.8 Å². The van der Waals surface area contributed by atoms with Crippen LogP contribution in [0.1, 0.15) is 5.56 Å². The number of hydrogen-bond acceptors (Lipinski definition) is 2. The molecule has 0 fully saturated rings. The quantitative estimate of drug-likeness (QED) is 0.532. The van der Waals surface area contributed by atoms with Crippen LogP contribution in [-0.2, 0) is 4.79 Å². The molecule has 0 saturated heterocycles. The van der Waals surface area contributed by atoms with Gasteiger partial charge in [0.25, 0.3) is 5.91 Å². The molecular formula is C9H8FNO2. The molecule has 0 unspecified atom stereocenters. The normalized spacial score (nSPS) is 11.3. The number of carbonyl (C=O) groups excluding carboxylic acids is 1. The number of amides is 1. The molecule has 0 spiro atoms. The number of primary amides is 1. The van der Waals surface area contributed by atoms with Gasteiger partial charge in [-0.3, -0.25) is 4.79 Å². The molecule has 1 rings (SSSR count). The summed E-state index contributed by atoms with van der Waals surface area (Å²) in [4.78, 5) is 10.7. The average Bonchev–Trinajstić information content (AvgIpc) is 2.09. The maximum Gasteiger partial charge on any atom is 0.252 e. The van der Waals surface area contributed by atoms with Crippen LogP contribution < -0.4 is 5.73 Å². The third-order valence-corrected chi connectivity index (χ3v) is 1.55. The fourth-order valence-corrected chi connectivity index (χ4v) is 0.910. The summed E-state index contributed by atoms with van der Waals surface area (Å²) in [6.45, 7) is 0. The van der Waals surface area contributed by atoms with Gasteiger partial charge < -0.3 is 10.8 Å². The minimum Gasteiger partial charge on any atom is -0.515 e. The van der Waals surface area contributed by atoms with E-state index >= 15 is 0 Å². The van der Waals surface area contributed by atoms with Crippen LogP contribution in [0, 0.1) is 5.82 Å². The Hall–Kier alpha value is -1.84. The van der Waals surface area contributed by atoms with E-state index in [-0.39, 0.29) is 5.57 Å². The van der Waals surface area contributed by atoms with Crippen LogP contribution in [0.15, 0.2) is 30.5 Å². The van der Waals surface area contributed by atoms with E-state index in [4.69, 9.17) is 10.8 Å². The zero-order chi connectivity index (χ0) is 9.84. The number of carbonyl (C=O) groups is 1. The highest BCUT2D eigenvalue weighted by molar-refractivity contribution is 6.18. The molecule has 0 radical (unpaired) electrons. The summed E-state index contributed by atoms with van der Waals surface area (Å²) in [5.74, 6) is -1.17. The van der Waals surface area contributed by atoms with Gasteiger partial charge in [-0.2, -0.15) is 0 Å². The SMILES string of the molecule is NC(=O)C(=CO)c1ccc(F)cc1. The second-order valence-corrected chi connectivity index (χ2v) is 2.41. The second kappa shape index (κ2) is 3.71. The largest absolute Gasteiger partial charge is 0.515 e. The van der Waals surface area contributed by atoms with Crippen LogP contribution in [0.5, 0.6) is 0 Å². The highest BCUT2D eigenvalue weighted by Crippen LogP contribution is 2.13. The summed E-state index contributed by atoms with van der Waals surface area (Å²) in [6.07, 6.45) is 0.607. The van der Waals surface area contributed by atoms with Gasteiger partial charge in [-0.1, -0.05) is 12.1 Å². The standard InChI is InChI=1S/C9H8FNO2/c10-7-3-1-6(2-4-7)8(5-12)9(11)13/h1-5,12H,(H2,11,13). The first-order valence-electron chi connectivity index (χ1n) is 3.55. The highest BCUT2D eigenvalue weighted by Gasteiger charge is 2.07. The van der Waals surface area contributed by atoms with Gasteiger partial charge in [-0.25, -0.2) is 4.39 Å². The Morgan fingerprint density at radius 2 is 1.92 bits per heavy atom. The Morgan fingerprint density at radius 1 is 1.38 bits per heavy atom. The summed E-state index contributed by atoms with van der Waals surface area (Å²) >= 11 is 0. The van der Waals surface area contributed by atoms with Crippen molar-refractivity contribution in [2.45, 2.75) is 0 Å². The zero-order valence-corrected chi connectivity index (χ0v) is 6.70. The van der Waals surface area contributed by atoms with E-state index < -0.39 is 11.7 Å². The topological polar surface area (TPSA) is 63.3 Å². The van der Waals surface area contributed by atoms with Crippen molar-refractivity contribution in [3.05, 3.63) is 41.9 Å². The molecule has 0 atom stereocenters. The third kappa shape index (κ3) is 2.05. The van der Waals surface area contributed by atoms with Crippen LogP contribution in [0.3, 0.4) is 0 Å². The molecule has 3 N–H and O–H groups in total. The number of benzene rings is 1. The van der Waals surface area contributed by atoms with Crippen molar-refractivity contribution in [1.29, 1.82) is 0 Å². The summed E-state index contributed by atoms with van der Waals surface area (Å²) in [7, 11) is 0. The lowest BCUT2D eigenvalue weighted by molar-refractivity contribution is -0.112. The molecule has 13 heavy (non-hydrogen) atoms. The van der Waals surface area contributed by atoms with Crippen molar-refractivity contribution < 1.29 is 14.3 Å². The summed E-state index contributed by atoms with van der Waals surface area (Å²) < 4.78 is 12.5. The molecule has 0 bridgehead atoms. The highest BCUT2D eigenvalue weighted by atomic mass is 19.1. The molecule has 0 heterocycles.